The molecule has 15 heavy (non-hydrogen) atoms. The van der Waals surface area contributed by atoms with E-state index in [-0.39, 0.29) is 17.1 Å². The SMILES string of the molecule is O=C1C=C(c2ccc(O)c(O)c2)C(=O)N1. The third kappa shape index (κ3) is 1.54. The molecule has 0 bridgehead atoms. The van der Waals surface area contributed by atoms with Crippen molar-refractivity contribution < 1.29 is 19.8 Å². The minimum atomic E-state index is -0.509. The normalized spacial score (nSPS) is 15.1. The Hall–Kier alpha value is -2.30. The standard InChI is InChI=1S/C10H7NO4/c12-7-2-1-5(3-8(7)13)6-4-9(14)11-10(6)15/h1-4,12-13H,(H,11,14,15). The van der Waals surface area contributed by atoms with Crippen molar-refractivity contribution in [1.82, 2.24) is 5.32 Å². The molecule has 5 heteroatoms. The molecular formula is C10H7NO4. The van der Waals surface area contributed by atoms with Gasteiger partial charge in [0.25, 0.3) is 11.8 Å². The summed E-state index contributed by atoms with van der Waals surface area (Å²) in [6.45, 7) is 0. The molecule has 2 amide bonds. The molecule has 1 aromatic carbocycles. The summed E-state index contributed by atoms with van der Waals surface area (Å²) in [6.07, 6.45) is 1.15. The van der Waals surface area contributed by atoms with E-state index in [0.29, 0.717) is 5.56 Å². The summed E-state index contributed by atoms with van der Waals surface area (Å²) in [7, 11) is 0. The van der Waals surface area contributed by atoms with E-state index < -0.39 is 11.8 Å². The number of phenolic OH excluding ortho intramolecular Hbond substituents is 2. The molecule has 2 rings (SSSR count). The third-order valence-electron chi connectivity index (χ3n) is 2.04. The molecule has 0 aromatic heterocycles. The van der Waals surface area contributed by atoms with Crippen LogP contribution in [0.5, 0.6) is 11.5 Å². The van der Waals surface area contributed by atoms with Crippen LogP contribution < -0.4 is 5.32 Å². The van der Waals surface area contributed by atoms with Crippen LogP contribution >= 0.6 is 0 Å². The number of nitrogens with one attached hydrogen (secondary N) is 1. The van der Waals surface area contributed by atoms with Gasteiger partial charge in [0, 0.05) is 6.08 Å². The molecule has 1 aliphatic rings. The Morgan fingerprint density at radius 3 is 2.33 bits per heavy atom. The summed E-state index contributed by atoms with van der Waals surface area (Å²) in [5, 5.41) is 20.4. The van der Waals surface area contributed by atoms with Crippen LogP contribution in [0.2, 0.25) is 0 Å². The molecule has 0 unspecified atom stereocenters. The lowest BCUT2D eigenvalue weighted by Crippen LogP contribution is -2.21. The van der Waals surface area contributed by atoms with Crippen LogP contribution in [0, 0.1) is 0 Å². The molecular weight excluding hydrogens is 198 g/mol. The van der Waals surface area contributed by atoms with Crippen molar-refractivity contribution in [2.75, 3.05) is 0 Å². The molecule has 3 N–H and O–H groups in total. The zero-order valence-corrected chi connectivity index (χ0v) is 7.52. The van der Waals surface area contributed by atoms with Crippen molar-refractivity contribution in [3.05, 3.63) is 29.8 Å². The van der Waals surface area contributed by atoms with Gasteiger partial charge in [-0.05, 0) is 17.7 Å². The van der Waals surface area contributed by atoms with E-state index in [0.717, 1.165) is 6.08 Å². The minimum Gasteiger partial charge on any atom is -0.504 e. The van der Waals surface area contributed by atoms with E-state index in [1.54, 1.807) is 0 Å². The Morgan fingerprint density at radius 1 is 1.07 bits per heavy atom. The van der Waals surface area contributed by atoms with E-state index in [2.05, 4.69) is 5.32 Å². The molecule has 0 atom stereocenters. The molecule has 0 saturated carbocycles. The predicted molar refractivity (Wildman–Crippen MR) is 50.9 cm³/mol. The predicted octanol–water partition coefficient (Wildman–Crippen LogP) is 0.138. The van der Waals surface area contributed by atoms with Gasteiger partial charge in [-0.3, -0.25) is 14.9 Å². The second kappa shape index (κ2) is 3.13. The van der Waals surface area contributed by atoms with Crippen LogP contribution in [-0.2, 0) is 9.59 Å². The molecule has 5 nitrogen and oxygen atoms in total. The largest absolute Gasteiger partial charge is 0.504 e. The maximum Gasteiger partial charge on any atom is 0.258 e. The first-order valence-electron chi connectivity index (χ1n) is 4.17. The first-order chi connectivity index (χ1) is 7.08. The number of amides is 2. The van der Waals surface area contributed by atoms with Gasteiger partial charge in [0.1, 0.15) is 0 Å². The molecule has 76 valence electrons. The van der Waals surface area contributed by atoms with E-state index in [4.69, 9.17) is 5.11 Å². The lowest BCUT2D eigenvalue weighted by molar-refractivity contribution is -0.123. The van der Waals surface area contributed by atoms with Gasteiger partial charge in [-0.1, -0.05) is 6.07 Å². The van der Waals surface area contributed by atoms with Crippen LogP contribution in [0.3, 0.4) is 0 Å². The van der Waals surface area contributed by atoms with Gasteiger partial charge >= 0.3 is 0 Å². The number of carbonyl (C=O) groups is 2. The molecule has 0 fully saturated rings. The average molecular weight is 205 g/mol. The number of phenols is 2. The molecule has 0 radical (unpaired) electrons. The van der Waals surface area contributed by atoms with Gasteiger partial charge in [0.05, 0.1) is 5.57 Å². The van der Waals surface area contributed by atoms with E-state index in [1.807, 2.05) is 0 Å². The number of hydrogen-bond donors (Lipinski definition) is 3. The molecule has 0 aliphatic carbocycles. The third-order valence-corrected chi connectivity index (χ3v) is 2.04. The van der Waals surface area contributed by atoms with Gasteiger partial charge in [-0.25, -0.2) is 0 Å². The monoisotopic (exact) mass is 205 g/mol. The van der Waals surface area contributed by atoms with Crippen molar-refractivity contribution in [2.45, 2.75) is 0 Å². The number of hydrogen-bond acceptors (Lipinski definition) is 4. The second-order valence-electron chi connectivity index (χ2n) is 3.08. The fraction of sp³-hybridized carbons (Fsp3) is 0. The van der Waals surface area contributed by atoms with Gasteiger partial charge < -0.3 is 10.2 Å². The highest BCUT2D eigenvalue weighted by atomic mass is 16.3. The fourth-order valence-electron chi connectivity index (χ4n) is 1.32. The lowest BCUT2D eigenvalue weighted by atomic mass is 10.1. The maximum atomic E-state index is 11.2. The number of benzene rings is 1. The van der Waals surface area contributed by atoms with Crippen molar-refractivity contribution in [1.29, 1.82) is 0 Å². The summed E-state index contributed by atoms with van der Waals surface area (Å²) in [5.74, 6) is -1.60. The first kappa shape index (κ1) is 9.26. The number of imide groups is 1. The van der Waals surface area contributed by atoms with Crippen LogP contribution in [0.1, 0.15) is 5.56 Å². The smallest absolute Gasteiger partial charge is 0.258 e. The summed E-state index contributed by atoms with van der Waals surface area (Å²) in [5.41, 5.74) is 0.559. The van der Waals surface area contributed by atoms with E-state index in [9.17, 15) is 14.7 Å². The highest BCUT2D eigenvalue weighted by molar-refractivity contribution is 6.33. The first-order valence-corrected chi connectivity index (χ1v) is 4.17. The number of rotatable bonds is 1. The van der Waals surface area contributed by atoms with Crippen molar-refractivity contribution in [3.63, 3.8) is 0 Å². The summed E-state index contributed by atoms with van der Waals surface area (Å²) in [4.78, 5) is 22.1. The van der Waals surface area contributed by atoms with Crippen molar-refractivity contribution >= 4 is 17.4 Å². The average Bonchev–Trinajstić information content (AvgIpc) is 2.50. The maximum absolute atomic E-state index is 11.2. The van der Waals surface area contributed by atoms with Crippen molar-refractivity contribution in [2.24, 2.45) is 0 Å². The van der Waals surface area contributed by atoms with E-state index >= 15 is 0 Å². The summed E-state index contributed by atoms with van der Waals surface area (Å²) in [6, 6.07) is 3.92. The minimum absolute atomic E-state index is 0.176. The molecule has 1 heterocycles. The Balaban J connectivity index is 2.47. The van der Waals surface area contributed by atoms with Gasteiger partial charge in [-0.2, -0.15) is 0 Å². The Labute approximate surface area is 84.7 Å². The molecule has 1 aromatic rings. The topological polar surface area (TPSA) is 86.6 Å². The molecule has 1 aliphatic heterocycles. The molecule has 0 spiro atoms. The highest BCUT2D eigenvalue weighted by Crippen LogP contribution is 2.29. The number of carbonyl (C=O) groups excluding carboxylic acids is 2. The van der Waals surface area contributed by atoms with Gasteiger partial charge in [0.15, 0.2) is 11.5 Å². The molecule has 0 saturated heterocycles. The zero-order chi connectivity index (χ0) is 11.0. The summed E-state index contributed by atoms with van der Waals surface area (Å²) >= 11 is 0. The lowest BCUT2D eigenvalue weighted by Gasteiger charge is -2.02. The quantitative estimate of drug-likeness (QED) is 0.449. The zero-order valence-electron chi connectivity index (χ0n) is 7.52. The van der Waals surface area contributed by atoms with Gasteiger partial charge in [-0.15, -0.1) is 0 Å². The number of aromatic hydroxyl groups is 2. The van der Waals surface area contributed by atoms with Crippen LogP contribution in [0.25, 0.3) is 5.57 Å². The summed E-state index contributed by atoms with van der Waals surface area (Å²) < 4.78 is 0. The Bertz CT molecular complexity index is 490. The fourth-order valence-corrected chi connectivity index (χ4v) is 1.32. The van der Waals surface area contributed by atoms with Crippen LogP contribution in [0.15, 0.2) is 24.3 Å². The Kier molecular flexibility index (Phi) is 1.93. The van der Waals surface area contributed by atoms with E-state index in [1.165, 1.54) is 18.2 Å². The van der Waals surface area contributed by atoms with Crippen LogP contribution in [-0.4, -0.2) is 22.0 Å². The van der Waals surface area contributed by atoms with Gasteiger partial charge in [0.2, 0.25) is 0 Å². The Morgan fingerprint density at radius 2 is 1.80 bits per heavy atom. The van der Waals surface area contributed by atoms with Crippen LogP contribution in [0.4, 0.5) is 0 Å². The second-order valence-corrected chi connectivity index (χ2v) is 3.08. The highest BCUT2D eigenvalue weighted by Gasteiger charge is 2.22. The van der Waals surface area contributed by atoms with Crippen molar-refractivity contribution in [3.8, 4) is 11.5 Å².